The lowest BCUT2D eigenvalue weighted by atomic mass is 9.85. The molecule has 0 radical (unpaired) electrons. The predicted octanol–water partition coefficient (Wildman–Crippen LogP) is 5.39. The molecule has 14 heavy (non-hydrogen) atoms. The van der Waals surface area contributed by atoms with E-state index in [1.165, 1.54) is 38.5 Å². The van der Waals surface area contributed by atoms with Gasteiger partial charge in [0.25, 0.3) is 0 Å². The molecule has 0 aliphatic heterocycles. The Balaban J connectivity index is 2.50. The van der Waals surface area contributed by atoms with Crippen molar-refractivity contribution in [2.24, 2.45) is 5.92 Å². The number of hydrogen-bond donors (Lipinski definition) is 0. The van der Waals surface area contributed by atoms with Crippen LogP contribution in [-0.4, -0.2) is 6.00 Å². The van der Waals surface area contributed by atoms with Crippen molar-refractivity contribution in [1.29, 1.82) is 0 Å². The van der Waals surface area contributed by atoms with Crippen molar-refractivity contribution in [3.63, 3.8) is 0 Å². The van der Waals surface area contributed by atoms with E-state index in [2.05, 4.69) is 6.92 Å². The van der Waals surface area contributed by atoms with Crippen molar-refractivity contribution < 1.29 is 0 Å². The van der Waals surface area contributed by atoms with E-state index in [0.717, 1.165) is 6.42 Å². The Morgan fingerprint density at radius 2 is 1.79 bits per heavy atom. The molecule has 0 aromatic heterocycles. The smallest absolute Gasteiger partial charge is 0.126 e. The molecular formula is C10H19Cl3Si. The molecule has 0 aromatic rings. The van der Waals surface area contributed by atoms with E-state index in [-0.39, 0.29) is 0 Å². The van der Waals surface area contributed by atoms with E-state index >= 15 is 0 Å². The largest absolute Gasteiger partial charge is 0.344 e. The minimum atomic E-state index is -2.45. The summed E-state index contributed by atoms with van der Waals surface area (Å²) in [7, 11) is 0. The summed E-state index contributed by atoms with van der Waals surface area (Å²) in [5.74, 6) is 0.697. The van der Waals surface area contributed by atoms with Crippen molar-refractivity contribution in [3.05, 3.63) is 0 Å². The summed E-state index contributed by atoms with van der Waals surface area (Å²) in [5.41, 5.74) is 0.424. The van der Waals surface area contributed by atoms with Crippen LogP contribution < -0.4 is 0 Å². The fraction of sp³-hybridized carbons (Fsp3) is 1.00. The second-order valence-corrected chi connectivity index (χ2v) is 13.3. The van der Waals surface area contributed by atoms with Gasteiger partial charge in [-0.3, -0.25) is 0 Å². The first-order chi connectivity index (χ1) is 6.55. The molecule has 0 N–H and O–H groups in total. The summed E-state index contributed by atoms with van der Waals surface area (Å²) in [6.45, 7) is 2.23. The van der Waals surface area contributed by atoms with E-state index in [0.29, 0.717) is 11.5 Å². The molecule has 0 nitrogen and oxygen atoms in total. The standard InChI is InChI=1S/C10H19Cl3Si/c1-2-3-6-9-7-4-5-8-10(9)14(11,12)13/h9-10H,2-8H2,1H3. The highest BCUT2D eigenvalue weighted by atomic mass is 35.8. The van der Waals surface area contributed by atoms with Crippen LogP contribution in [0.1, 0.15) is 51.9 Å². The van der Waals surface area contributed by atoms with Gasteiger partial charge in [0, 0.05) is 0 Å². The molecule has 0 aromatic carbocycles. The highest BCUT2D eigenvalue weighted by Gasteiger charge is 2.42. The van der Waals surface area contributed by atoms with Crippen LogP contribution in [0.4, 0.5) is 0 Å². The lowest BCUT2D eigenvalue weighted by molar-refractivity contribution is 0.329. The SMILES string of the molecule is CCCCC1CCCCC1[Si](Cl)(Cl)Cl. The second-order valence-electron chi connectivity index (χ2n) is 4.33. The first kappa shape index (κ1) is 13.2. The molecule has 1 saturated carbocycles. The Morgan fingerprint density at radius 3 is 2.36 bits per heavy atom. The maximum atomic E-state index is 6.16. The van der Waals surface area contributed by atoms with Gasteiger partial charge in [-0.25, -0.2) is 0 Å². The van der Waals surface area contributed by atoms with Crippen LogP contribution in [0.5, 0.6) is 0 Å². The van der Waals surface area contributed by atoms with Gasteiger partial charge in [0.15, 0.2) is 0 Å². The number of rotatable bonds is 4. The zero-order valence-electron chi connectivity index (χ0n) is 8.74. The van der Waals surface area contributed by atoms with Gasteiger partial charge in [0.2, 0.25) is 0 Å². The van der Waals surface area contributed by atoms with Crippen molar-refractivity contribution in [3.8, 4) is 0 Å². The zero-order chi connectivity index (χ0) is 10.6. The minimum absolute atomic E-state index is 0.424. The van der Waals surface area contributed by atoms with Crippen LogP contribution in [0.15, 0.2) is 0 Å². The molecule has 1 aliphatic rings. The first-order valence-electron chi connectivity index (χ1n) is 5.62. The minimum Gasteiger partial charge on any atom is -0.126 e. The molecule has 0 heterocycles. The van der Waals surface area contributed by atoms with Crippen LogP contribution in [0.25, 0.3) is 0 Å². The van der Waals surface area contributed by atoms with Crippen molar-refractivity contribution >= 4 is 39.2 Å². The molecule has 2 unspecified atom stereocenters. The molecule has 0 spiro atoms. The Bertz CT molecular complexity index is 167. The molecule has 1 rings (SSSR count). The Labute approximate surface area is 102 Å². The summed E-state index contributed by atoms with van der Waals surface area (Å²) in [6.07, 6.45) is 8.83. The second kappa shape index (κ2) is 5.98. The van der Waals surface area contributed by atoms with Gasteiger partial charge in [-0.2, -0.15) is 0 Å². The zero-order valence-corrected chi connectivity index (χ0v) is 12.0. The predicted molar refractivity (Wildman–Crippen MR) is 68.5 cm³/mol. The topological polar surface area (TPSA) is 0 Å². The number of halogens is 3. The Kier molecular flexibility index (Phi) is 5.62. The molecule has 0 bridgehead atoms. The third-order valence-corrected chi connectivity index (χ3v) is 7.38. The monoisotopic (exact) mass is 272 g/mol. The third-order valence-electron chi connectivity index (χ3n) is 3.26. The molecule has 1 fully saturated rings. The van der Waals surface area contributed by atoms with E-state index in [4.69, 9.17) is 33.2 Å². The lowest BCUT2D eigenvalue weighted by Crippen LogP contribution is -2.29. The molecular weight excluding hydrogens is 255 g/mol. The summed E-state index contributed by atoms with van der Waals surface area (Å²) >= 11 is 18.5. The van der Waals surface area contributed by atoms with Crippen LogP contribution in [-0.2, 0) is 0 Å². The molecule has 0 saturated heterocycles. The molecule has 4 heteroatoms. The fourth-order valence-electron chi connectivity index (χ4n) is 2.45. The van der Waals surface area contributed by atoms with E-state index < -0.39 is 6.00 Å². The van der Waals surface area contributed by atoms with Gasteiger partial charge in [-0.05, 0) is 17.9 Å². The van der Waals surface area contributed by atoms with Crippen LogP contribution >= 0.6 is 33.2 Å². The summed E-state index contributed by atoms with van der Waals surface area (Å²) in [6, 6.07) is -2.45. The Morgan fingerprint density at radius 1 is 1.14 bits per heavy atom. The van der Waals surface area contributed by atoms with Crippen molar-refractivity contribution in [1.82, 2.24) is 0 Å². The van der Waals surface area contributed by atoms with Gasteiger partial charge in [-0.1, -0.05) is 45.4 Å². The number of unbranched alkanes of at least 4 members (excludes halogenated alkanes) is 1. The van der Waals surface area contributed by atoms with E-state index in [9.17, 15) is 0 Å². The quantitative estimate of drug-likeness (QED) is 0.476. The van der Waals surface area contributed by atoms with Gasteiger partial charge in [0.1, 0.15) is 0 Å². The lowest BCUT2D eigenvalue weighted by Gasteiger charge is -2.34. The summed E-state index contributed by atoms with van der Waals surface area (Å²) < 4.78 is 0. The highest BCUT2D eigenvalue weighted by molar-refractivity contribution is 7.65. The third kappa shape index (κ3) is 3.92. The maximum Gasteiger partial charge on any atom is 0.344 e. The fourth-order valence-corrected chi connectivity index (χ4v) is 6.44. The van der Waals surface area contributed by atoms with Crippen molar-refractivity contribution in [2.45, 2.75) is 57.4 Å². The van der Waals surface area contributed by atoms with Crippen LogP contribution in [0.2, 0.25) is 5.54 Å². The Hall–Kier alpha value is 1.09. The normalized spacial score (nSPS) is 29.1. The average Bonchev–Trinajstić information content (AvgIpc) is 2.14. The maximum absolute atomic E-state index is 6.16. The number of hydrogen-bond acceptors (Lipinski definition) is 0. The van der Waals surface area contributed by atoms with Gasteiger partial charge < -0.3 is 0 Å². The van der Waals surface area contributed by atoms with E-state index in [1.807, 2.05) is 0 Å². The molecule has 1 aliphatic carbocycles. The molecule has 84 valence electrons. The van der Waals surface area contributed by atoms with Crippen LogP contribution in [0, 0.1) is 5.92 Å². The molecule has 0 amide bonds. The first-order valence-corrected chi connectivity index (χ1v) is 10.7. The van der Waals surface area contributed by atoms with Gasteiger partial charge >= 0.3 is 6.00 Å². The molecule has 2 atom stereocenters. The van der Waals surface area contributed by atoms with Gasteiger partial charge in [0.05, 0.1) is 0 Å². The average molecular weight is 274 g/mol. The van der Waals surface area contributed by atoms with Gasteiger partial charge in [-0.15, -0.1) is 33.2 Å². The van der Waals surface area contributed by atoms with Crippen LogP contribution in [0.3, 0.4) is 0 Å². The van der Waals surface area contributed by atoms with E-state index in [1.54, 1.807) is 0 Å². The van der Waals surface area contributed by atoms with Crippen molar-refractivity contribution in [2.75, 3.05) is 0 Å². The summed E-state index contributed by atoms with van der Waals surface area (Å²) in [5, 5.41) is 0. The highest BCUT2D eigenvalue weighted by Crippen LogP contribution is 2.48. The summed E-state index contributed by atoms with van der Waals surface area (Å²) in [4.78, 5) is 0.